The van der Waals surface area contributed by atoms with Gasteiger partial charge >= 0.3 is 0 Å². The Morgan fingerprint density at radius 2 is 1.89 bits per heavy atom. The van der Waals surface area contributed by atoms with E-state index in [0.29, 0.717) is 10.9 Å². The van der Waals surface area contributed by atoms with Gasteiger partial charge in [0.05, 0.1) is 0 Å². The molecule has 0 radical (unpaired) electrons. The molecule has 2 rings (SSSR count). The molecule has 18 heavy (non-hydrogen) atoms. The van der Waals surface area contributed by atoms with Crippen molar-refractivity contribution < 1.29 is 13.9 Å². The first-order valence-electron chi connectivity index (χ1n) is 5.85. The number of hydrogen-bond donors (Lipinski definition) is 0. The molecule has 0 saturated carbocycles. The number of ether oxygens (including phenoxy) is 2. The summed E-state index contributed by atoms with van der Waals surface area (Å²) in [5, 5.41) is 0.501. The van der Waals surface area contributed by atoms with Gasteiger partial charge in [0, 0.05) is 43.9 Å². The molecule has 5 heteroatoms. The van der Waals surface area contributed by atoms with Crippen molar-refractivity contribution in [3.8, 4) is 0 Å². The van der Waals surface area contributed by atoms with Crippen LogP contribution < -0.4 is 4.90 Å². The Balaban J connectivity index is 2.25. The van der Waals surface area contributed by atoms with Crippen molar-refractivity contribution in [2.24, 2.45) is 0 Å². The lowest BCUT2D eigenvalue weighted by atomic mass is 10.1. The molecule has 1 heterocycles. The predicted octanol–water partition coefficient (Wildman–Crippen LogP) is 2.57. The summed E-state index contributed by atoms with van der Waals surface area (Å²) in [4.78, 5) is 2.11. The maximum absolute atomic E-state index is 13.7. The zero-order chi connectivity index (χ0) is 13.1. The molecule has 1 aromatic carbocycles. The van der Waals surface area contributed by atoms with Gasteiger partial charge in [-0.25, -0.2) is 4.39 Å². The van der Waals surface area contributed by atoms with Crippen molar-refractivity contribution in [3.63, 3.8) is 0 Å². The third kappa shape index (κ3) is 2.53. The Labute approximate surface area is 115 Å². The maximum Gasteiger partial charge on any atom is 0.129 e. The number of alkyl halides is 1. The highest BCUT2D eigenvalue weighted by Crippen LogP contribution is 2.29. The summed E-state index contributed by atoms with van der Waals surface area (Å²) in [5.74, 6) is -0.181. The summed E-state index contributed by atoms with van der Waals surface area (Å²) in [6.45, 7) is 1.44. The number of benzene rings is 1. The zero-order valence-electron chi connectivity index (χ0n) is 10.5. The molecule has 1 saturated heterocycles. The normalized spacial score (nSPS) is 23.7. The lowest BCUT2D eigenvalue weighted by Gasteiger charge is -2.21. The second-order valence-electron chi connectivity index (χ2n) is 4.32. The van der Waals surface area contributed by atoms with Crippen molar-refractivity contribution in [1.29, 1.82) is 0 Å². The fourth-order valence-corrected chi connectivity index (χ4v) is 2.92. The van der Waals surface area contributed by atoms with Crippen molar-refractivity contribution >= 4 is 21.6 Å². The predicted molar refractivity (Wildman–Crippen MR) is 72.8 cm³/mol. The lowest BCUT2D eigenvalue weighted by molar-refractivity contribution is -0.00461. The SMILES string of the molecule is COC1CN(c2cccc(F)c2CBr)CC1OC. The van der Waals surface area contributed by atoms with Gasteiger partial charge in [-0.1, -0.05) is 22.0 Å². The molecular formula is C13H17BrFNO2. The van der Waals surface area contributed by atoms with E-state index in [9.17, 15) is 4.39 Å². The molecule has 0 aromatic heterocycles. The molecule has 100 valence electrons. The molecule has 1 aliphatic rings. The van der Waals surface area contributed by atoms with E-state index in [4.69, 9.17) is 9.47 Å². The monoisotopic (exact) mass is 317 g/mol. The summed E-state index contributed by atoms with van der Waals surface area (Å²) in [7, 11) is 3.36. The molecule has 3 nitrogen and oxygen atoms in total. The zero-order valence-corrected chi connectivity index (χ0v) is 12.1. The standard InChI is InChI=1S/C13H17BrFNO2/c1-17-12-7-16(8-13(12)18-2)11-5-3-4-10(15)9(11)6-14/h3-5,12-13H,6-8H2,1-2H3. The van der Waals surface area contributed by atoms with E-state index in [-0.39, 0.29) is 18.0 Å². The van der Waals surface area contributed by atoms with Crippen LogP contribution >= 0.6 is 15.9 Å². The molecular weight excluding hydrogens is 301 g/mol. The van der Waals surface area contributed by atoms with Gasteiger partial charge in [-0.05, 0) is 12.1 Å². The summed E-state index contributed by atoms with van der Waals surface area (Å²) in [5.41, 5.74) is 1.59. The molecule has 2 unspecified atom stereocenters. The first-order valence-corrected chi connectivity index (χ1v) is 6.97. The molecule has 2 atom stereocenters. The van der Waals surface area contributed by atoms with Crippen LogP contribution in [0.4, 0.5) is 10.1 Å². The van der Waals surface area contributed by atoms with Crippen molar-refractivity contribution in [1.82, 2.24) is 0 Å². The van der Waals surface area contributed by atoms with Crippen molar-refractivity contribution in [3.05, 3.63) is 29.6 Å². The van der Waals surface area contributed by atoms with E-state index >= 15 is 0 Å². The van der Waals surface area contributed by atoms with E-state index in [1.54, 1.807) is 20.3 Å². The second-order valence-corrected chi connectivity index (χ2v) is 4.89. The smallest absolute Gasteiger partial charge is 0.129 e. The van der Waals surface area contributed by atoms with Gasteiger partial charge in [-0.2, -0.15) is 0 Å². The minimum atomic E-state index is -0.181. The number of anilines is 1. The second kappa shape index (κ2) is 5.99. The summed E-state index contributed by atoms with van der Waals surface area (Å²) in [6, 6.07) is 5.15. The number of rotatable bonds is 4. The van der Waals surface area contributed by atoms with Crippen molar-refractivity contribution in [2.45, 2.75) is 17.5 Å². The number of nitrogens with zero attached hydrogens (tertiary/aromatic N) is 1. The minimum absolute atomic E-state index is 0.0291. The Morgan fingerprint density at radius 3 is 2.39 bits per heavy atom. The first-order chi connectivity index (χ1) is 8.71. The quantitative estimate of drug-likeness (QED) is 0.797. The van der Waals surface area contributed by atoms with Crippen LogP contribution in [0.5, 0.6) is 0 Å². The van der Waals surface area contributed by atoms with Crippen LogP contribution in [-0.2, 0) is 14.8 Å². The Kier molecular flexibility index (Phi) is 4.59. The summed E-state index contributed by atoms with van der Waals surface area (Å²) >= 11 is 3.34. The van der Waals surface area contributed by atoms with Gasteiger partial charge in [0.25, 0.3) is 0 Å². The fraction of sp³-hybridized carbons (Fsp3) is 0.538. The van der Waals surface area contributed by atoms with Gasteiger partial charge in [-0.3, -0.25) is 0 Å². The summed E-state index contributed by atoms with van der Waals surface area (Å²) in [6.07, 6.45) is 0.0582. The van der Waals surface area contributed by atoms with Crippen LogP contribution in [0.1, 0.15) is 5.56 Å². The average molecular weight is 318 g/mol. The molecule has 0 amide bonds. The van der Waals surface area contributed by atoms with Gasteiger partial charge in [0.1, 0.15) is 18.0 Å². The molecule has 1 fully saturated rings. The maximum atomic E-state index is 13.7. The molecule has 0 aliphatic carbocycles. The van der Waals surface area contributed by atoms with Crippen LogP contribution in [0.15, 0.2) is 18.2 Å². The van der Waals surface area contributed by atoms with E-state index in [2.05, 4.69) is 20.8 Å². The first kappa shape index (κ1) is 13.8. The highest BCUT2D eigenvalue weighted by molar-refractivity contribution is 9.08. The topological polar surface area (TPSA) is 21.7 Å². The highest BCUT2D eigenvalue weighted by Gasteiger charge is 2.34. The molecule has 0 N–H and O–H groups in total. The molecule has 0 spiro atoms. The van der Waals surface area contributed by atoms with Crippen LogP contribution in [0.2, 0.25) is 0 Å². The number of halogens is 2. The number of methoxy groups -OCH3 is 2. The Bertz CT molecular complexity index is 404. The molecule has 1 aromatic rings. The van der Waals surface area contributed by atoms with Gasteiger partial charge in [-0.15, -0.1) is 0 Å². The van der Waals surface area contributed by atoms with Crippen LogP contribution in [0.3, 0.4) is 0 Å². The third-order valence-corrected chi connectivity index (χ3v) is 3.95. The van der Waals surface area contributed by atoms with Crippen LogP contribution in [-0.4, -0.2) is 39.5 Å². The van der Waals surface area contributed by atoms with E-state index < -0.39 is 0 Å². The van der Waals surface area contributed by atoms with Gasteiger partial charge in [0.2, 0.25) is 0 Å². The minimum Gasteiger partial charge on any atom is -0.377 e. The van der Waals surface area contributed by atoms with Crippen molar-refractivity contribution in [2.75, 3.05) is 32.2 Å². The molecule has 0 bridgehead atoms. The van der Waals surface area contributed by atoms with E-state index in [1.807, 2.05) is 6.07 Å². The highest BCUT2D eigenvalue weighted by atomic mass is 79.9. The third-order valence-electron chi connectivity index (χ3n) is 3.39. The largest absolute Gasteiger partial charge is 0.377 e. The van der Waals surface area contributed by atoms with Crippen LogP contribution in [0.25, 0.3) is 0 Å². The van der Waals surface area contributed by atoms with E-state index in [0.717, 1.165) is 18.8 Å². The van der Waals surface area contributed by atoms with Gasteiger partial charge < -0.3 is 14.4 Å². The fourth-order valence-electron chi connectivity index (χ4n) is 2.37. The Morgan fingerprint density at radius 1 is 1.28 bits per heavy atom. The number of hydrogen-bond acceptors (Lipinski definition) is 3. The summed E-state index contributed by atoms with van der Waals surface area (Å²) < 4.78 is 24.5. The lowest BCUT2D eigenvalue weighted by Crippen LogP contribution is -2.27. The Hall–Kier alpha value is -0.650. The van der Waals surface area contributed by atoms with Gasteiger partial charge in [0.15, 0.2) is 0 Å². The average Bonchev–Trinajstić information content (AvgIpc) is 2.81. The van der Waals surface area contributed by atoms with Crippen LogP contribution in [0, 0.1) is 5.82 Å². The molecule has 1 aliphatic heterocycles. The van der Waals surface area contributed by atoms with E-state index in [1.165, 1.54) is 6.07 Å².